The van der Waals surface area contributed by atoms with Crippen LogP contribution in [-0.2, 0) is 12.8 Å². The minimum absolute atomic E-state index is 0.658. The zero-order chi connectivity index (χ0) is 13.1. The van der Waals surface area contributed by atoms with Crippen LogP contribution in [0, 0.1) is 23.2 Å². The molecule has 0 bridgehead atoms. The summed E-state index contributed by atoms with van der Waals surface area (Å²) in [5.74, 6) is 2.19. The Morgan fingerprint density at radius 1 is 1.33 bits per heavy atom. The van der Waals surface area contributed by atoms with E-state index in [1.165, 1.54) is 6.42 Å². The normalized spacial score (nSPS) is 21.4. The summed E-state index contributed by atoms with van der Waals surface area (Å²) in [7, 11) is 0. The molecule has 1 aromatic heterocycles. The van der Waals surface area contributed by atoms with Gasteiger partial charge in [-0.1, -0.05) is 20.8 Å². The quantitative estimate of drug-likeness (QED) is 0.864. The largest absolute Gasteiger partial charge is 0.367 e. The molecule has 2 rings (SSSR count). The van der Waals surface area contributed by atoms with Gasteiger partial charge in [0.25, 0.3) is 0 Å². The lowest BCUT2D eigenvalue weighted by molar-refractivity contribution is 0.777. The van der Waals surface area contributed by atoms with E-state index < -0.39 is 0 Å². The van der Waals surface area contributed by atoms with Gasteiger partial charge in [0, 0.05) is 6.54 Å². The smallest absolute Gasteiger partial charge is 0.166 e. The number of nitrogens with zero attached hydrogens (tertiary/aromatic N) is 3. The maximum absolute atomic E-state index is 9.33. The number of hydrogen-bond acceptors (Lipinski definition) is 4. The van der Waals surface area contributed by atoms with Crippen LogP contribution >= 0.6 is 0 Å². The third-order valence-electron chi connectivity index (χ3n) is 3.77. The molecule has 0 aliphatic heterocycles. The second-order valence-electron chi connectivity index (χ2n) is 5.02. The highest BCUT2D eigenvalue weighted by Gasteiger charge is 2.32. The predicted molar refractivity (Wildman–Crippen MR) is 71.3 cm³/mol. The fourth-order valence-corrected chi connectivity index (χ4v) is 2.33. The van der Waals surface area contributed by atoms with Gasteiger partial charge >= 0.3 is 0 Å². The van der Waals surface area contributed by atoms with Crippen molar-refractivity contribution in [3.63, 3.8) is 0 Å². The number of nitriles is 1. The van der Waals surface area contributed by atoms with Gasteiger partial charge in [0.2, 0.25) is 0 Å². The van der Waals surface area contributed by atoms with Gasteiger partial charge in [0.1, 0.15) is 11.6 Å². The van der Waals surface area contributed by atoms with E-state index in [9.17, 15) is 5.26 Å². The zero-order valence-electron chi connectivity index (χ0n) is 11.3. The third kappa shape index (κ3) is 2.45. The van der Waals surface area contributed by atoms with Gasteiger partial charge in [0.05, 0.1) is 5.69 Å². The van der Waals surface area contributed by atoms with Crippen molar-refractivity contribution in [2.24, 2.45) is 11.8 Å². The molecule has 1 saturated carbocycles. The fourth-order valence-electron chi connectivity index (χ4n) is 2.33. The van der Waals surface area contributed by atoms with Crippen molar-refractivity contribution in [2.45, 2.75) is 40.0 Å². The highest BCUT2D eigenvalue weighted by Crippen LogP contribution is 2.37. The Labute approximate surface area is 108 Å². The first kappa shape index (κ1) is 12.8. The Balaban J connectivity index is 2.21. The molecule has 0 saturated heterocycles. The molecule has 96 valence electrons. The van der Waals surface area contributed by atoms with Crippen molar-refractivity contribution in [3.8, 4) is 6.07 Å². The maximum atomic E-state index is 9.33. The van der Waals surface area contributed by atoms with Crippen LogP contribution in [0.4, 0.5) is 5.82 Å². The Kier molecular flexibility index (Phi) is 3.81. The SMILES string of the molecule is CCc1nnc(NCC2CC2C)c(C#N)c1CC. The molecule has 4 nitrogen and oxygen atoms in total. The summed E-state index contributed by atoms with van der Waals surface area (Å²) in [4.78, 5) is 0. The van der Waals surface area contributed by atoms with Crippen LogP contribution < -0.4 is 5.32 Å². The van der Waals surface area contributed by atoms with Crippen molar-refractivity contribution in [3.05, 3.63) is 16.8 Å². The summed E-state index contributed by atoms with van der Waals surface area (Å²) in [6.45, 7) is 7.26. The lowest BCUT2D eigenvalue weighted by Crippen LogP contribution is -2.12. The molecule has 0 radical (unpaired) electrons. The van der Waals surface area contributed by atoms with E-state index in [-0.39, 0.29) is 0 Å². The summed E-state index contributed by atoms with van der Waals surface area (Å²) in [5.41, 5.74) is 2.67. The molecule has 1 N–H and O–H groups in total. The van der Waals surface area contributed by atoms with Crippen molar-refractivity contribution >= 4 is 5.82 Å². The average molecular weight is 244 g/mol. The van der Waals surface area contributed by atoms with Crippen LogP contribution in [0.2, 0.25) is 0 Å². The van der Waals surface area contributed by atoms with E-state index in [0.717, 1.165) is 42.5 Å². The van der Waals surface area contributed by atoms with Crippen LogP contribution in [0.15, 0.2) is 0 Å². The monoisotopic (exact) mass is 244 g/mol. The first-order valence-corrected chi connectivity index (χ1v) is 6.73. The second-order valence-corrected chi connectivity index (χ2v) is 5.02. The number of anilines is 1. The summed E-state index contributed by atoms with van der Waals surface area (Å²) < 4.78 is 0. The maximum Gasteiger partial charge on any atom is 0.166 e. The van der Waals surface area contributed by atoms with Gasteiger partial charge in [-0.25, -0.2) is 0 Å². The Morgan fingerprint density at radius 2 is 2.06 bits per heavy atom. The summed E-state index contributed by atoms with van der Waals surface area (Å²) >= 11 is 0. The molecule has 1 aliphatic carbocycles. The molecular weight excluding hydrogens is 224 g/mol. The molecule has 2 atom stereocenters. The van der Waals surface area contributed by atoms with Crippen LogP contribution in [0.5, 0.6) is 0 Å². The van der Waals surface area contributed by atoms with Crippen molar-refractivity contribution in [2.75, 3.05) is 11.9 Å². The molecule has 1 aliphatic rings. The van der Waals surface area contributed by atoms with E-state index in [1.54, 1.807) is 0 Å². The third-order valence-corrected chi connectivity index (χ3v) is 3.77. The molecule has 1 aromatic rings. The van der Waals surface area contributed by atoms with E-state index in [0.29, 0.717) is 11.4 Å². The number of hydrogen-bond donors (Lipinski definition) is 1. The Bertz CT molecular complexity index is 475. The molecule has 1 fully saturated rings. The Hall–Kier alpha value is -1.63. The van der Waals surface area contributed by atoms with E-state index in [2.05, 4.69) is 35.4 Å². The number of rotatable bonds is 5. The zero-order valence-corrected chi connectivity index (χ0v) is 11.3. The summed E-state index contributed by atoms with van der Waals surface area (Å²) in [5, 5.41) is 21.0. The molecule has 0 aromatic carbocycles. The van der Waals surface area contributed by atoms with Gasteiger partial charge in [-0.05, 0) is 36.7 Å². The highest BCUT2D eigenvalue weighted by atomic mass is 15.2. The second kappa shape index (κ2) is 5.34. The van der Waals surface area contributed by atoms with Crippen LogP contribution in [-0.4, -0.2) is 16.7 Å². The minimum atomic E-state index is 0.658. The molecule has 1 heterocycles. The Morgan fingerprint density at radius 3 is 2.56 bits per heavy atom. The van der Waals surface area contributed by atoms with E-state index in [4.69, 9.17) is 0 Å². The molecule has 4 heteroatoms. The van der Waals surface area contributed by atoms with Crippen molar-refractivity contribution < 1.29 is 0 Å². The highest BCUT2D eigenvalue weighted by molar-refractivity contribution is 5.56. The molecule has 0 spiro atoms. The van der Waals surface area contributed by atoms with Crippen molar-refractivity contribution in [1.82, 2.24) is 10.2 Å². The predicted octanol–water partition coefficient (Wildman–Crippen LogP) is 2.54. The summed E-state index contributed by atoms with van der Waals surface area (Å²) in [6, 6.07) is 2.28. The van der Waals surface area contributed by atoms with Gasteiger partial charge in [-0.3, -0.25) is 0 Å². The van der Waals surface area contributed by atoms with E-state index >= 15 is 0 Å². The number of nitrogens with one attached hydrogen (secondary N) is 1. The fraction of sp³-hybridized carbons (Fsp3) is 0.643. The van der Waals surface area contributed by atoms with Crippen LogP contribution in [0.25, 0.3) is 0 Å². The molecule has 2 unspecified atom stereocenters. The van der Waals surface area contributed by atoms with Gasteiger partial charge in [0.15, 0.2) is 5.82 Å². The van der Waals surface area contributed by atoms with Gasteiger partial charge in [-0.15, -0.1) is 5.10 Å². The standard InChI is InChI=1S/C14H20N4/c1-4-11-12(7-15)14(18-17-13(11)5-2)16-8-10-6-9(10)3/h9-10H,4-6,8H2,1-3H3,(H,16,18). The first-order valence-electron chi connectivity index (χ1n) is 6.73. The number of aryl methyl sites for hydroxylation is 1. The summed E-state index contributed by atoms with van der Waals surface area (Å²) in [6.07, 6.45) is 2.93. The van der Waals surface area contributed by atoms with E-state index in [1.807, 2.05) is 6.92 Å². The molecule has 18 heavy (non-hydrogen) atoms. The van der Waals surface area contributed by atoms with Crippen molar-refractivity contribution in [1.29, 1.82) is 5.26 Å². The topological polar surface area (TPSA) is 61.6 Å². The molecular formula is C14H20N4. The van der Waals surface area contributed by atoms with Crippen LogP contribution in [0.3, 0.4) is 0 Å². The first-order chi connectivity index (χ1) is 8.71. The lowest BCUT2D eigenvalue weighted by Gasteiger charge is -2.11. The van der Waals surface area contributed by atoms with Gasteiger partial charge < -0.3 is 5.32 Å². The van der Waals surface area contributed by atoms with Crippen LogP contribution in [0.1, 0.15) is 44.0 Å². The lowest BCUT2D eigenvalue weighted by atomic mass is 10.0. The number of aromatic nitrogens is 2. The molecule has 0 amide bonds. The average Bonchev–Trinajstić information content (AvgIpc) is 3.10. The minimum Gasteiger partial charge on any atom is -0.367 e. The van der Waals surface area contributed by atoms with Gasteiger partial charge in [-0.2, -0.15) is 10.4 Å².